The third kappa shape index (κ3) is 5.59. The molecule has 8 nitrogen and oxygen atoms in total. The van der Waals surface area contributed by atoms with Crippen molar-refractivity contribution in [2.45, 2.75) is 19.8 Å². The van der Waals surface area contributed by atoms with Crippen LogP contribution in [-0.4, -0.2) is 47.1 Å². The van der Waals surface area contributed by atoms with E-state index in [1.165, 1.54) is 12.5 Å². The van der Waals surface area contributed by atoms with E-state index in [2.05, 4.69) is 20.2 Å². The summed E-state index contributed by atoms with van der Waals surface area (Å²) in [6.45, 7) is 4.29. The van der Waals surface area contributed by atoms with Gasteiger partial charge in [0, 0.05) is 25.8 Å². The van der Waals surface area contributed by atoms with Crippen molar-refractivity contribution in [1.29, 1.82) is 0 Å². The summed E-state index contributed by atoms with van der Waals surface area (Å²) < 4.78 is 4.92. The lowest BCUT2D eigenvalue weighted by atomic mass is 9.96. The Hall–Kier alpha value is -2.90. The molecule has 3 heterocycles. The molecule has 0 aromatic carbocycles. The molecule has 8 heteroatoms. The summed E-state index contributed by atoms with van der Waals surface area (Å²) in [5.41, 5.74) is 0.578. The molecule has 134 valence electrons. The number of aromatic nitrogens is 2. The molecule has 2 aromatic heterocycles. The summed E-state index contributed by atoms with van der Waals surface area (Å²) >= 11 is 0. The number of hydrogen-bond donors (Lipinski definition) is 2. The second kappa shape index (κ2) is 9.41. The minimum atomic E-state index is -0.250. The van der Waals surface area contributed by atoms with Gasteiger partial charge in [-0.3, -0.25) is 9.59 Å². The van der Waals surface area contributed by atoms with Crippen LogP contribution in [0.5, 0.6) is 0 Å². The molecule has 0 bridgehead atoms. The molecule has 2 N–H and O–H groups in total. The van der Waals surface area contributed by atoms with Crippen molar-refractivity contribution in [1.82, 2.24) is 15.3 Å². The molecule has 2 aromatic rings. The van der Waals surface area contributed by atoms with Gasteiger partial charge in [0.05, 0.1) is 11.8 Å². The summed E-state index contributed by atoms with van der Waals surface area (Å²) in [7, 11) is 0. The van der Waals surface area contributed by atoms with Crippen molar-refractivity contribution in [2.75, 3.05) is 24.5 Å². The quantitative estimate of drug-likeness (QED) is 0.811. The Labute approximate surface area is 145 Å². The van der Waals surface area contributed by atoms with Crippen LogP contribution in [0.2, 0.25) is 0 Å². The highest BCUT2D eigenvalue weighted by Crippen LogP contribution is 2.21. The fourth-order valence-corrected chi connectivity index (χ4v) is 2.72. The van der Waals surface area contributed by atoms with E-state index in [-0.39, 0.29) is 12.4 Å². The normalized spacial score (nSPS) is 14.4. The second-order valence-corrected chi connectivity index (χ2v) is 5.72. The standard InChI is InChI=1S/C16H20N4O2.CH2O2/c1-12-17-6-2-15(19-12)20-7-3-13(4-8-20)10-18-16(21)14-5-9-22-11-14;2-1-3/h2,5-6,9,11,13H,3-4,7-8,10H2,1H3,(H,18,21);1H,(H,2,3). The largest absolute Gasteiger partial charge is 0.483 e. The van der Waals surface area contributed by atoms with Gasteiger partial charge in [0.15, 0.2) is 0 Å². The number of rotatable bonds is 4. The van der Waals surface area contributed by atoms with Crippen LogP contribution >= 0.6 is 0 Å². The number of hydrogen-bond acceptors (Lipinski definition) is 6. The fraction of sp³-hybridized carbons (Fsp3) is 0.412. The van der Waals surface area contributed by atoms with E-state index in [1.807, 2.05) is 13.0 Å². The summed E-state index contributed by atoms with van der Waals surface area (Å²) in [6.07, 6.45) is 6.88. The van der Waals surface area contributed by atoms with Crippen molar-refractivity contribution in [2.24, 2.45) is 5.92 Å². The van der Waals surface area contributed by atoms with Gasteiger partial charge in [-0.25, -0.2) is 9.97 Å². The summed E-state index contributed by atoms with van der Waals surface area (Å²) in [5, 5.41) is 9.86. The number of piperidine rings is 1. The third-order valence-electron chi connectivity index (χ3n) is 4.03. The molecule has 0 spiro atoms. The Balaban J connectivity index is 0.000000701. The monoisotopic (exact) mass is 346 g/mol. The lowest BCUT2D eigenvalue weighted by Crippen LogP contribution is -2.39. The minimum Gasteiger partial charge on any atom is -0.483 e. The van der Waals surface area contributed by atoms with Crippen LogP contribution in [0.3, 0.4) is 0 Å². The Morgan fingerprint density at radius 1 is 1.44 bits per heavy atom. The van der Waals surface area contributed by atoms with Crippen LogP contribution in [-0.2, 0) is 4.79 Å². The van der Waals surface area contributed by atoms with E-state index in [4.69, 9.17) is 14.3 Å². The number of carbonyl (C=O) groups excluding carboxylic acids is 1. The molecular formula is C17H22N4O4. The third-order valence-corrected chi connectivity index (χ3v) is 4.03. The maximum Gasteiger partial charge on any atom is 0.290 e. The summed E-state index contributed by atoms with van der Waals surface area (Å²) in [4.78, 5) is 31.1. The van der Waals surface area contributed by atoms with Gasteiger partial charge in [0.2, 0.25) is 0 Å². The maximum absolute atomic E-state index is 11.9. The molecule has 0 unspecified atom stereocenters. The first kappa shape index (κ1) is 18.4. The highest BCUT2D eigenvalue weighted by atomic mass is 16.3. The van der Waals surface area contributed by atoms with Crippen molar-refractivity contribution in [3.63, 3.8) is 0 Å². The lowest BCUT2D eigenvalue weighted by Gasteiger charge is -2.32. The van der Waals surface area contributed by atoms with Gasteiger partial charge in [-0.1, -0.05) is 0 Å². The zero-order valence-corrected chi connectivity index (χ0v) is 14.1. The van der Waals surface area contributed by atoms with Crippen LogP contribution < -0.4 is 10.2 Å². The zero-order chi connectivity index (χ0) is 18.1. The molecular weight excluding hydrogens is 324 g/mol. The summed E-state index contributed by atoms with van der Waals surface area (Å²) in [6, 6.07) is 3.63. The fourth-order valence-electron chi connectivity index (χ4n) is 2.72. The molecule has 1 aliphatic rings. The number of anilines is 1. The van der Waals surface area contributed by atoms with Crippen molar-refractivity contribution >= 4 is 18.2 Å². The highest BCUT2D eigenvalue weighted by Gasteiger charge is 2.21. The Bertz CT molecular complexity index is 667. The maximum atomic E-state index is 11.9. The molecule has 0 saturated carbocycles. The zero-order valence-electron chi connectivity index (χ0n) is 14.1. The molecule has 1 fully saturated rings. The average Bonchev–Trinajstić information content (AvgIpc) is 3.16. The highest BCUT2D eigenvalue weighted by molar-refractivity contribution is 5.93. The van der Waals surface area contributed by atoms with Crippen LogP contribution in [0.4, 0.5) is 5.82 Å². The van der Waals surface area contributed by atoms with E-state index in [9.17, 15) is 4.79 Å². The number of aryl methyl sites for hydroxylation is 1. The first-order valence-electron chi connectivity index (χ1n) is 8.07. The van der Waals surface area contributed by atoms with Crippen molar-refractivity contribution in [3.8, 4) is 0 Å². The number of nitrogens with zero attached hydrogens (tertiary/aromatic N) is 3. The Morgan fingerprint density at radius 3 is 2.76 bits per heavy atom. The van der Waals surface area contributed by atoms with E-state index >= 15 is 0 Å². The Kier molecular flexibility index (Phi) is 6.94. The van der Waals surface area contributed by atoms with Gasteiger partial charge in [0.1, 0.15) is 17.9 Å². The van der Waals surface area contributed by atoms with Gasteiger partial charge >= 0.3 is 0 Å². The molecule has 0 atom stereocenters. The topological polar surface area (TPSA) is 109 Å². The Morgan fingerprint density at radius 2 is 2.16 bits per heavy atom. The second-order valence-electron chi connectivity index (χ2n) is 5.72. The van der Waals surface area contributed by atoms with Crippen LogP contribution in [0.15, 0.2) is 35.3 Å². The van der Waals surface area contributed by atoms with E-state index in [1.54, 1.807) is 12.3 Å². The van der Waals surface area contributed by atoms with Crippen LogP contribution in [0.1, 0.15) is 29.0 Å². The first-order chi connectivity index (χ1) is 12.1. The smallest absolute Gasteiger partial charge is 0.290 e. The van der Waals surface area contributed by atoms with Crippen molar-refractivity contribution < 1.29 is 19.1 Å². The van der Waals surface area contributed by atoms with Gasteiger partial charge in [-0.05, 0) is 37.8 Å². The molecule has 0 aliphatic carbocycles. The van der Waals surface area contributed by atoms with E-state index in [0.717, 1.165) is 37.6 Å². The number of furan rings is 1. The number of nitrogens with one attached hydrogen (secondary N) is 1. The van der Waals surface area contributed by atoms with E-state index in [0.29, 0.717) is 18.0 Å². The number of carbonyl (C=O) groups is 2. The van der Waals surface area contributed by atoms with Gasteiger partial charge in [-0.2, -0.15) is 0 Å². The van der Waals surface area contributed by atoms with Crippen molar-refractivity contribution in [3.05, 3.63) is 42.2 Å². The molecule has 1 amide bonds. The summed E-state index contributed by atoms with van der Waals surface area (Å²) in [5.74, 6) is 2.23. The molecule has 1 saturated heterocycles. The molecule has 0 radical (unpaired) electrons. The molecule has 25 heavy (non-hydrogen) atoms. The van der Waals surface area contributed by atoms with Gasteiger partial charge < -0.3 is 19.7 Å². The van der Waals surface area contributed by atoms with Gasteiger partial charge in [0.25, 0.3) is 12.4 Å². The van der Waals surface area contributed by atoms with Crippen LogP contribution in [0.25, 0.3) is 0 Å². The average molecular weight is 346 g/mol. The number of carboxylic acid groups (broad SMARTS) is 1. The predicted molar refractivity (Wildman–Crippen MR) is 91.4 cm³/mol. The van der Waals surface area contributed by atoms with Gasteiger partial charge in [-0.15, -0.1) is 0 Å². The predicted octanol–water partition coefficient (Wildman–Crippen LogP) is 1.73. The first-order valence-corrected chi connectivity index (χ1v) is 8.07. The van der Waals surface area contributed by atoms with Crippen LogP contribution in [0, 0.1) is 12.8 Å². The SMILES string of the molecule is Cc1nccc(N2CCC(CNC(=O)c3ccoc3)CC2)n1.O=CO. The lowest BCUT2D eigenvalue weighted by molar-refractivity contribution is -0.122. The molecule has 1 aliphatic heterocycles. The number of amides is 1. The minimum absolute atomic E-state index is 0.0670. The molecule has 3 rings (SSSR count). The van der Waals surface area contributed by atoms with E-state index < -0.39 is 0 Å².